The molecule has 0 amide bonds. The van der Waals surface area contributed by atoms with E-state index in [0.717, 1.165) is 12.1 Å². The second kappa shape index (κ2) is 6.42. The number of hydrogen-bond donors (Lipinski definition) is 2. The van der Waals surface area contributed by atoms with E-state index in [-0.39, 0.29) is 4.90 Å². The number of nitrogens with two attached hydrogens (primary N) is 1. The highest BCUT2D eigenvalue weighted by molar-refractivity contribution is 7.89. The summed E-state index contributed by atoms with van der Waals surface area (Å²) in [6.45, 7) is 2.42. The van der Waals surface area contributed by atoms with E-state index in [1.807, 2.05) is 6.92 Å². The Hall–Kier alpha value is -1.64. The minimum atomic E-state index is -3.49. The van der Waals surface area contributed by atoms with Gasteiger partial charge in [0, 0.05) is 11.3 Å². The van der Waals surface area contributed by atoms with Crippen LogP contribution >= 0.6 is 11.3 Å². The highest BCUT2D eigenvalue weighted by Gasteiger charge is 2.13. The number of anilines is 1. The van der Waals surface area contributed by atoms with E-state index in [4.69, 9.17) is 10.5 Å². The molecule has 0 aliphatic heterocycles. The maximum atomic E-state index is 11.7. The van der Waals surface area contributed by atoms with E-state index in [0.29, 0.717) is 18.0 Å². The second-order valence-corrected chi connectivity index (χ2v) is 7.19. The van der Waals surface area contributed by atoms with Crippen molar-refractivity contribution in [2.45, 2.75) is 18.2 Å². The maximum Gasteiger partial charge on any atom is 0.240 e. The molecule has 0 atom stereocenters. The summed E-state index contributed by atoms with van der Waals surface area (Å²) in [7, 11) is -2.14. The lowest BCUT2D eigenvalue weighted by atomic mass is 10.3. The number of ether oxygens (including phenoxy) is 1. The summed E-state index contributed by atoms with van der Waals surface area (Å²) in [5, 5.41) is 0. The summed E-state index contributed by atoms with van der Waals surface area (Å²) in [4.78, 5) is 5.46. The van der Waals surface area contributed by atoms with Gasteiger partial charge in [0.05, 0.1) is 28.4 Å². The van der Waals surface area contributed by atoms with Crippen molar-refractivity contribution in [2.75, 3.05) is 19.4 Å². The Kier molecular flexibility index (Phi) is 4.81. The molecule has 8 heteroatoms. The number of aryl methyl sites for hydroxylation is 1. The van der Waals surface area contributed by atoms with Crippen LogP contribution in [0.1, 0.15) is 10.6 Å². The molecule has 0 saturated heterocycles. The standard InChI is InChI=1S/C13H17N3O3S2/c1-9-13(20-8-16-9)5-6-19-12-4-3-10(7-11(12)14)21(17,18)15-2/h3-4,7-8,15H,5-6,14H2,1-2H3. The predicted octanol–water partition coefficient (Wildman–Crippen LogP) is 1.56. The molecule has 0 spiro atoms. The van der Waals surface area contributed by atoms with Crippen LogP contribution in [-0.4, -0.2) is 27.1 Å². The van der Waals surface area contributed by atoms with Gasteiger partial charge >= 0.3 is 0 Å². The third-order valence-electron chi connectivity index (χ3n) is 2.99. The minimum absolute atomic E-state index is 0.119. The van der Waals surface area contributed by atoms with Gasteiger partial charge in [0.25, 0.3) is 0 Å². The molecule has 0 unspecified atom stereocenters. The summed E-state index contributed by atoms with van der Waals surface area (Å²) in [5.74, 6) is 0.479. The van der Waals surface area contributed by atoms with Crippen LogP contribution < -0.4 is 15.2 Å². The molecule has 6 nitrogen and oxygen atoms in total. The van der Waals surface area contributed by atoms with Gasteiger partial charge in [-0.2, -0.15) is 0 Å². The molecular formula is C13H17N3O3S2. The van der Waals surface area contributed by atoms with Crippen molar-refractivity contribution in [3.63, 3.8) is 0 Å². The Labute approximate surface area is 128 Å². The molecule has 0 aliphatic carbocycles. The third-order valence-corrected chi connectivity index (χ3v) is 5.40. The zero-order chi connectivity index (χ0) is 15.5. The molecule has 1 aromatic carbocycles. The van der Waals surface area contributed by atoms with E-state index in [1.165, 1.54) is 24.1 Å². The van der Waals surface area contributed by atoms with Crippen molar-refractivity contribution >= 4 is 27.0 Å². The molecule has 2 rings (SSSR count). The molecular weight excluding hydrogens is 310 g/mol. The topological polar surface area (TPSA) is 94.3 Å². The van der Waals surface area contributed by atoms with E-state index in [2.05, 4.69) is 9.71 Å². The quantitative estimate of drug-likeness (QED) is 0.785. The van der Waals surface area contributed by atoms with Crippen molar-refractivity contribution in [2.24, 2.45) is 0 Å². The minimum Gasteiger partial charge on any atom is -0.491 e. The van der Waals surface area contributed by atoms with Crippen LogP contribution in [0.25, 0.3) is 0 Å². The molecule has 114 valence electrons. The Morgan fingerprint density at radius 3 is 2.76 bits per heavy atom. The molecule has 0 saturated carbocycles. The summed E-state index contributed by atoms with van der Waals surface area (Å²) >= 11 is 1.59. The summed E-state index contributed by atoms with van der Waals surface area (Å²) in [5.41, 5.74) is 8.94. The Balaban J connectivity index is 2.03. The lowest BCUT2D eigenvalue weighted by Crippen LogP contribution is -2.18. The predicted molar refractivity (Wildman–Crippen MR) is 83.1 cm³/mol. The van der Waals surface area contributed by atoms with Crippen molar-refractivity contribution in [1.82, 2.24) is 9.71 Å². The van der Waals surface area contributed by atoms with Crippen LogP contribution in [0.15, 0.2) is 28.6 Å². The van der Waals surface area contributed by atoms with E-state index in [9.17, 15) is 8.42 Å². The molecule has 0 bridgehead atoms. The molecule has 1 heterocycles. The number of thiazole rings is 1. The molecule has 0 fully saturated rings. The number of aromatic nitrogens is 1. The van der Waals surface area contributed by atoms with Crippen molar-refractivity contribution in [3.8, 4) is 5.75 Å². The number of benzene rings is 1. The van der Waals surface area contributed by atoms with Gasteiger partial charge in [0.1, 0.15) is 5.75 Å². The first-order chi connectivity index (χ1) is 9.94. The SMILES string of the molecule is CNS(=O)(=O)c1ccc(OCCc2scnc2C)c(N)c1. The monoisotopic (exact) mass is 327 g/mol. The second-order valence-electron chi connectivity index (χ2n) is 4.37. The van der Waals surface area contributed by atoms with Crippen molar-refractivity contribution in [3.05, 3.63) is 34.3 Å². The number of nitrogens with zero attached hydrogens (tertiary/aromatic N) is 1. The van der Waals surface area contributed by atoms with E-state index >= 15 is 0 Å². The van der Waals surface area contributed by atoms with Gasteiger partial charge in [-0.05, 0) is 32.2 Å². The average Bonchev–Trinajstić information content (AvgIpc) is 2.86. The Morgan fingerprint density at radius 1 is 1.43 bits per heavy atom. The largest absolute Gasteiger partial charge is 0.491 e. The van der Waals surface area contributed by atoms with Crippen LogP contribution in [0.5, 0.6) is 5.75 Å². The molecule has 2 aromatic rings. The first-order valence-corrected chi connectivity index (χ1v) is 8.65. The van der Waals surface area contributed by atoms with Crippen molar-refractivity contribution in [1.29, 1.82) is 0 Å². The van der Waals surface area contributed by atoms with Gasteiger partial charge in [-0.15, -0.1) is 11.3 Å². The smallest absolute Gasteiger partial charge is 0.240 e. The van der Waals surface area contributed by atoms with Gasteiger partial charge in [0.2, 0.25) is 10.0 Å². The fraction of sp³-hybridized carbons (Fsp3) is 0.308. The van der Waals surface area contributed by atoms with E-state index in [1.54, 1.807) is 22.9 Å². The first-order valence-electron chi connectivity index (χ1n) is 6.29. The van der Waals surface area contributed by atoms with Gasteiger partial charge in [-0.3, -0.25) is 0 Å². The van der Waals surface area contributed by atoms with E-state index < -0.39 is 10.0 Å². The molecule has 1 aromatic heterocycles. The summed E-state index contributed by atoms with van der Waals surface area (Å²) < 4.78 is 31.2. The van der Waals surface area contributed by atoms with Gasteiger partial charge < -0.3 is 10.5 Å². The summed E-state index contributed by atoms with van der Waals surface area (Å²) in [6, 6.07) is 4.42. The highest BCUT2D eigenvalue weighted by atomic mass is 32.2. The molecule has 21 heavy (non-hydrogen) atoms. The molecule has 3 N–H and O–H groups in total. The Bertz CT molecular complexity index is 726. The lowest BCUT2D eigenvalue weighted by molar-refractivity contribution is 0.324. The number of nitrogens with one attached hydrogen (secondary N) is 1. The number of hydrogen-bond acceptors (Lipinski definition) is 6. The molecule has 0 radical (unpaired) electrons. The first kappa shape index (κ1) is 15.7. The van der Waals surface area contributed by atoms with Crippen LogP contribution in [-0.2, 0) is 16.4 Å². The number of rotatable bonds is 6. The zero-order valence-corrected chi connectivity index (χ0v) is 13.4. The fourth-order valence-corrected chi connectivity index (χ4v) is 3.29. The van der Waals surface area contributed by atoms with Crippen LogP contribution in [0.3, 0.4) is 0 Å². The van der Waals surface area contributed by atoms with Crippen LogP contribution in [0.2, 0.25) is 0 Å². The van der Waals surface area contributed by atoms with Gasteiger partial charge in [-0.1, -0.05) is 0 Å². The Morgan fingerprint density at radius 2 is 2.19 bits per heavy atom. The summed E-state index contributed by atoms with van der Waals surface area (Å²) in [6.07, 6.45) is 0.743. The van der Waals surface area contributed by atoms with Gasteiger partial charge in [0.15, 0.2) is 0 Å². The molecule has 0 aliphatic rings. The normalized spacial score (nSPS) is 11.5. The average molecular weight is 327 g/mol. The van der Waals surface area contributed by atoms with Gasteiger partial charge in [-0.25, -0.2) is 18.1 Å². The maximum absolute atomic E-state index is 11.7. The number of sulfonamides is 1. The van der Waals surface area contributed by atoms with Crippen LogP contribution in [0, 0.1) is 6.92 Å². The number of nitrogen functional groups attached to an aromatic ring is 1. The van der Waals surface area contributed by atoms with Crippen LogP contribution in [0.4, 0.5) is 5.69 Å². The third kappa shape index (κ3) is 3.72. The highest BCUT2D eigenvalue weighted by Crippen LogP contribution is 2.25. The lowest BCUT2D eigenvalue weighted by Gasteiger charge is -2.10. The zero-order valence-electron chi connectivity index (χ0n) is 11.8. The van der Waals surface area contributed by atoms with Crippen molar-refractivity contribution < 1.29 is 13.2 Å². The fourth-order valence-electron chi connectivity index (χ4n) is 1.76.